The van der Waals surface area contributed by atoms with Crippen LogP contribution in [0.1, 0.15) is 41.2 Å². The van der Waals surface area contributed by atoms with Crippen LogP contribution in [-0.2, 0) is 0 Å². The summed E-state index contributed by atoms with van der Waals surface area (Å²) in [4.78, 5) is 25.7. The standard InChI is InChI=1S/C23H33N5O2S.HI/c1-3-24-23(28-13-11-27(12-14-28)22(29)19-8-5-15-30-19)25-17-18-7-4-10-26(2)21(18)20-9-6-16-31-20;/h5-6,8-9,15-16,18,21H,3-4,7,10-14,17H2,1-2H3,(H,24,25);1H. The van der Waals surface area contributed by atoms with Crippen LogP contribution in [0, 0.1) is 5.92 Å². The normalized spacial score (nSPS) is 22.5. The number of amides is 1. The fourth-order valence-electron chi connectivity index (χ4n) is 4.67. The highest BCUT2D eigenvalue weighted by molar-refractivity contribution is 14.0. The Kier molecular flexibility index (Phi) is 9.42. The molecule has 0 radical (unpaired) electrons. The van der Waals surface area contributed by atoms with Crippen LogP contribution in [0.25, 0.3) is 0 Å². The van der Waals surface area contributed by atoms with Crippen LogP contribution < -0.4 is 5.32 Å². The SMILES string of the molecule is CCNC(=NCC1CCCN(C)C1c1cccs1)N1CCN(C(=O)c2ccco2)CC1.I. The molecule has 2 fully saturated rings. The molecule has 7 nitrogen and oxygen atoms in total. The molecule has 2 aromatic rings. The molecule has 4 heterocycles. The molecule has 176 valence electrons. The maximum absolute atomic E-state index is 12.5. The number of hydrogen-bond acceptors (Lipinski definition) is 5. The quantitative estimate of drug-likeness (QED) is 0.337. The van der Waals surface area contributed by atoms with Gasteiger partial charge in [-0.05, 0) is 62.9 Å². The first-order valence-corrected chi connectivity index (χ1v) is 12.1. The number of nitrogens with one attached hydrogen (secondary N) is 1. The summed E-state index contributed by atoms with van der Waals surface area (Å²) in [7, 11) is 2.24. The van der Waals surface area contributed by atoms with Gasteiger partial charge in [0.15, 0.2) is 11.7 Å². The monoisotopic (exact) mass is 571 g/mol. The lowest BCUT2D eigenvalue weighted by atomic mass is 9.88. The molecule has 32 heavy (non-hydrogen) atoms. The van der Waals surface area contributed by atoms with Crippen molar-refractivity contribution in [3.8, 4) is 0 Å². The van der Waals surface area contributed by atoms with Gasteiger partial charge in [0.25, 0.3) is 5.91 Å². The van der Waals surface area contributed by atoms with Gasteiger partial charge >= 0.3 is 0 Å². The number of halogens is 1. The lowest BCUT2D eigenvalue weighted by Gasteiger charge is -2.39. The summed E-state index contributed by atoms with van der Waals surface area (Å²) in [5, 5.41) is 5.64. The van der Waals surface area contributed by atoms with E-state index in [1.807, 2.05) is 16.2 Å². The molecule has 0 aromatic carbocycles. The van der Waals surface area contributed by atoms with Gasteiger partial charge in [-0.15, -0.1) is 35.3 Å². The molecule has 0 aliphatic carbocycles. The van der Waals surface area contributed by atoms with E-state index >= 15 is 0 Å². The zero-order valence-corrected chi connectivity index (χ0v) is 22.1. The summed E-state index contributed by atoms with van der Waals surface area (Å²) < 4.78 is 5.27. The highest BCUT2D eigenvalue weighted by Crippen LogP contribution is 2.37. The molecule has 1 amide bonds. The van der Waals surface area contributed by atoms with E-state index in [-0.39, 0.29) is 29.9 Å². The summed E-state index contributed by atoms with van der Waals surface area (Å²) in [5.41, 5.74) is 0. The Hall–Kier alpha value is -1.59. The Morgan fingerprint density at radius 1 is 1.19 bits per heavy atom. The van der Waals surface area contributed by atoms with E-state index < -0.39 is 0 Å². The molecule has 2 aliphatic rings. The summed E-state index contributed by atoms with van der Waals surface area (Å²) in [5.74, 6) is 1.87. The van der Waals surface area contributed by atoms with E-state index in [0.717, 1.165) is 38.7 Å². The van der Waals surface area contributed by atoms with E-state index in [2.05, 4.69) is 46.6 Å². The van der Waals surface area contributed by atoms with Gasteiger partial charge in [-0.3, -0.25) is 14.7 Å². The third-order valence-corrected chi connectivity index (χ3v) is 7.19. The Bertz CT molecular complexity index is 850. The number of guanidine groups is 1. The van der Waals surface area contributed by atoms with E-state index in [0.29, 0.717) is 30.8 Å². The van der Waals surface area contributed by atoms with Gasteiger partial charge in [0.05, 0.1) is 6.26 Å². The summed E-state index contributed by atoms with van der Waals surface area (Å²) >= 11 is 1.85. The first-order chi connectivity index (χ1) is 15.2. The van der Waals surface area contributed by atoms with Crippen LogP contribution in [0.3, 0.4) is 0 Å². The summed E-state index contributed by atoms with van der Waals surface area (Å²) in [6.45, 7) is 7.81. The Labute approximate surface area is 211 Å². The van der Waals surface area contributed by atoms with Crippen LogP contribution in [0.5, 0.6) is 0 Å². The first-order valence-electron chi connectivity index (χ1n) is 11.3. The number of aliphatic imine (C=N–C) groups is 1. The zero-order valence-electron chi connectivity index (χ0n) is 18.9. The highest BCUT2D eigenvalue weighted by atomic mass is 127. The van der Waals surface area contributed by atoms with Crippen molar-refractivity contribution >= 4 is 47.2 Å². The second-order valence-electron chi connectivity index (χ2n) is 8.29. The molecule has 2 saturated heterocycles. The van der Waals surface area contributed by atoms with Crippen molar-refractivity contribution in [2.45, 2.75) is 25.8 Å². The minimum atomic E-state index is -0.0318. The molecule has 9 heteroatoms. The smallest absolute Gasteiger partial charge is 0.289 e. The number of likely N-dealkylation sites (tertiary alicyclic amines) is 1. The Morgan fingerprint density at radius 2 is 1.97 bits per heavy atom. The Morgan fingerprint density at radius 3 is 2.62 bits per heavy atom. The molecule has 0 bridgehead atoms. The second-order valence-corrected chi connectivity index (χ2v) is 9.27. The van der Waals surface area contributed by atoms with Crippen LogP contribution in [-0.4, -0.2) is 79.4 Å². The summed E-state index contributed by atoms with van der Waals surface area (Å²) in [6, 6.07) is 8.34. The van der Waals surface area contributed by atoms with E-state index in [4.69, 9.17) is 9.41 Å². The fourth-order valence-corrected chi connectivity index (χ4v) is 5.65. The number of thiophene rings is 1. The fraction of sp³-hybridized carbons (Fsp3) is 0.565. The third-order valence-electron chi connectivity index (χ3n) is 6.25. The minimum Gasteiger partial charge on any atom is -0.459 e. The van der Waals surface area contributed by atoms with Crippen LogP contribution >= 0.6 is 35.3 Å². The van der Waals surface area contributed by atoms with Crippen LogP contribution in [0.15, 0.2) is 45.3 Å². The number of piperazine rings is 1. The van der Waals surface area contributed by atoms with Gasteiger partial charge in [0, 0.05) is 50.2 Å². The first kappa shape index (κ1) is 25.0. The van der Waals surface area contributed by atoms with Crippen molar-refractivity contribution in [3.63, 3.8) is 0 Å². The number of carbonyl (C=O) groups excluding carboxylic acids is 1. The maximum Gasteiger partial charge on any atom is 0.289 e. The molecule has 2 aromatic heterocycles. The molecule has 2 aliphatic heterocycles. The summed E-state index contributed by atoms with van der Waals surface area (Å²) in [6.07, 6.45) is 3.98. The van der Waals surface area contributed by atoms with Crippen LogP contribution in [0.2, 0.25) is 0 Å². The van der Waals surface area contributed by atoms with E-state index in [9.17, 15) is 4.79 Å². The van der Waals surface area contributed by atoms with Crippen LogP contribution in [0.4, 0.5) is 0 Å². The molecule has 4 rings (SSSR count). The number of furan rings is 1. The second kappa shape index (κ2) is 12.0. The minimum absolute atomic E-state index is 0. The number of rotatable bonds is 5. The van der Waals surface area contributed by atoms with Gasteiger partial charge in [0.2, 0.25) is 0 Å². The molecular formula is C23H34IN5O2S. The highest BCUT2D eigenvalue weighted by Gasteiger charge is 2.31. The zero-order chi connectivity index (χ0) is 21.6. The van der Waals surface area contributed by atoms with Gasteiger partial charge in [-0.2, -0.15) is 0 Å². The largest absolute Gasteiger partial charge is 0.459 e. The van der Waals surface area contributed by atoms with Gasteiger partial charge in [0.1, 0.15) is 0 Å². The van der Waals surface area contributed by atoms with Crippen molar-refractivity contribution in [2.75, 3.05) is 52.9 Å². The Balaban J connectivity index is 0.00000289. The van der Waals surface area contributed by atoms with Gasteiger partial charge < -0.3 is 19.5 Å². The molecule has 0 spiro atoms. The lowest BCUT2D eigenvalue weighted by molar-refractivity contribution is 0.0657. The van der Waals surface area contributed by atoms with Crippen molar-refractivity contribution < 1.29 is 9.21 Å². The number of nitrogens with zero attached hydrogens (tertiary/aromatic N) is 4. The van der Waals surface area contributed by atoms with Gasteiger partial charge in [-0.1, -0.05) is 6.07 Å². The topological polar surface area (TPSA) is 64.3 Å². The molecule has 0 saturated carbocycles. The van der Waals surface area contributed by atoms with E-state index in [1.165, 1.54) is 17.7 Å². The molecule has 2 atom stereocenters. The van der Waals surface area contributed by atoms with Crippen molar-refractivity contribution in [1.29, 1.82) is 0 Å². The predicted molar refractivity (Wildman–Crippen MR) is 140 cm³/mol. The molecule has 2 unspecified atom stereocenters. The number of carbonyl (C=O) groups is 1. The number of hydrogen-bond donors (Lipinski definition) is 1. The predicted octanol–water partition coefficient (Wildman–Crippen LogP) is 3.77. The molecule has 1 N–H and O–H groups in total. The maximum atomic E-state index is 12.5. The van der Waals surface area contributed by atoms with Crippen molar-refractivity contribution in [3.05, 3.63) is 46.5 Å². The van der Waals surface area contributed by atoms with Gasteiger partial charge in [-0.25, -0.2) is 0 Å². The van der Waals surface area contributed by atoms with Crippen molar-refractivity contribution in [1.82, 2.24) is 20.0 Å². The van der Waals surface area contributed by atoms with E-state index in [1.54, 1.807) is 18.4 Å². The molecular weight excluding hydrogens is 537 g/mol. The third kappa shape index (κ3) is 5.85. The average molecular weight is 572 g/mol. The number of piperidine rings is 1. The van der Waals surface area contributed by atoms with Crippen molar-refractivity contribution in [2.24, 2.45) is 10.9 Å². The average Bonchev–Trinajstić information content (AvgIpc) is 3.51. The lowest BCUT2D eigenvalue weighted by Crippen LogP contribution is -2.54.